The molecule has 0 radical (unpaired) electrons. The highest BCUT2D eigenvalue weighted by atomic mass is 16.6. The molecule has 2 amide bonds. The number of carboxylic acid groups (broad SMARTS) is 1. The van der Waals surface area contributed by atoms with Crippen LogP contribution in [0, 0.1) is 0 Å². The zero-order valence-electron chi connectivity index (χ0n) is 18.9. The van der Waals surface area contributed by atoms with Crippen LogP contribution < -0.4 is 10.6 Å². The number of carbonyl (C=O) groups is 3. The number of aliphatic carboxylic acids is 1. The lowest BCUT2D eigenvalue weighted by molar-refractivity contribution is -0.140. The Balaban J connectivity index is 1.32. The first-order valence-electron chi connectivity index (χ1n) is 11.2. The van der Waals surface area contributed by atoms with Crippen LogP contribution >= 0.6 is 0 Å². The standard InChI is InChI=1S/C25H28N2O7/c1-32-15(12-22(28)29)13-26-24(30)23-21(10-11-33-23)27-25(31)34-14-20-18-8-4-2-6-16(18)17-7-3-5-9-19(17)20/h2-9,15,20-21,23H,10-14H2,1H3,(H,26,30)(H,27,31)(H,28,29)/t15?,21-,23+/m1/s1. The van der Waals surface area contributed by atoms with E-state index in [1.54, 1.807) is 0 Å². The van der Waals surface area contributed by atoms with Gasteiger partial charge in [-0.25, -0.2) is 4.79 Å². The van der Waals surface area contributed by atoms with Crippen LogP contribution in [0.5, 0.6) is 0 Å². The Kier molecular flexibility index (Phi) is 7.44. The van der Waals surface area contributed by atoms with Gasteiger partial charge in [-0.1, -0.05) is 48.5 Å². The number of rotatable bonds is 9. The summed E-state index contributed by atoms with van der Waals surface area (Å²) < 4.78 is 16.1. The number of hydrogen-bond acceptors (Lipinski definition) is 6. The number of amides is 2. The van der Waals surface area contributed by atoms with Crippen LogP contribution in [0.3, 0.4) is 0 Å². The second-order valence-electron chi connectivity index (χ2n) is 8.36. The predicted octanol–water partition coefficient (Wildman–Crippen LogP) is 2.29. The van der Waals surface area contributed by atoms with Crippen LogP contribution in [0.25, 0.3) is 11.1 Å². The quantitative estimate of drug-likeness (QED) is 0.516. The molecule has 0 bridgehead atoms. The third kappa shape index (κ3) is 5.21. The zero-order valence-corrected chi connectivity index (χ0v) is 18.9. The van der Waals surface area contributed by atoms with Gasteiger partial charge in [0, 0.05) is 26.2 Å². The molecule has 2 aliphatic rings. The first-order valence-corrected chi connectivity index (χ1v) is 11.2. The second-order valence-corrected chi connectivity index (χ2v) is 8.36. The number of carboxylic acids is 1. The van der Waals surface area contributed by atoms with E-state index in [-0.39, 0.29) is 25.5 Å². The minimum absolute atomic E-state index is 0.0269. The molecule has 0 aromatic heterocycles. The van der Waals surface area contributed by atoms with Gasteiger partial charge in [0.05, 0.1) is 18.6 Å². The fourth-order valence-electron chi connectivity index (χ4n) is 4.54. The smallest absolute Gasteiger partial charge is 0.407 e. The Hall–Kier alpha value is -3.43. The SMILES string of the molecule is COC(CNC(=O)[C@H]1OCC[C@H]1NC(=O)OCC1c2ccccc2-c2ccccc21)CC(=O)O. The molecule has 9 heteroatoms. The molecule has 2 aromatic carbocycles. The van der Waals surface area contributed by atoms with E-state index in [1.165, 1.54) is 7.11 Å². The van der Waals surface area contributed by atoms with Gasteiger partial charge in [0.25, 0.3) is 5.91 Å². The van der Waals surface area contributed by atoms with Crippen molar-refractivity contribution in [3.63, 3.8) is 0 Å². The number of ether oxygens (including phenoxy) is 3. The summed E-state index contributed by atoms with van der Waals surface area (Å²) in [5.74, 6) is -1.51. The molecule has 1 unspecified atom stereocenters. The number of methoxy groups -OCH3 is 1. The maximum atomic E-state index is 12.6. The lowest BCUT2D eigenvalue weighted by Gasteiger charge is -2.21. The highest BCUT2D eigenvalue weighted by Gasteiger charge is 2.36. The fourth-order valence-corrected chi connectivity index (χ4v) is 4.54. The van der Waals surface area contributed by atoms with E-state index in [1.807, 2.05) is 36.4 Å². The topological polar surface area (TPSA) is 123 Å². The van der Waals surface area contributed by atoms with Crippen LogP contribution in [-0.4, -0.2) is 68.2 Å². The molecular weight excluding hydrogens is 440 g/mol. The van der Waals surface area contributed by atoms with Crippen LogP contribution in [-0.2, 0) is 23.8 Å². The summed E-state index contributed by atoms with van der Waals surface area (Å²) >= 11 is 0. The van der Waals surface area contributed by atoms with E-state index in [0.717, 1.165) is 22.3 Å². The van der Waals surface area contributed by atoms with E-state index < -0.39 is 36.2 Å². The molecule has 3 N–H and O–H groups in total. The van der Waals surface area contributed by atoms with Crippen molar-refractivity contribution in [1.82, 2.24) is 10.6 Å². The summed E-state index contributed by atoms with van der Waals surface area (Å²) in [5.41, 5.74) is 4.52. The van der Waals surface area contributed by atoms with Crippen LogP contribution in [0.2, 0.25) is 0 Å². The Morgan fingerprint density at radius 2 is 1.74 bits per heavy atom. The number of nitrogens with one attached hydrogen (secondary N) is 2. The Labute approximate surface area is 197 Å². The molecule has 34 heavy (non-hydrogen) atoms. The monoisotopic (exact) mass is 468 g/mol. The van der Waals surface area contributed by atoms with Crippen LogP contribution in [0.15, 0.2) is 48.5 Å². The lowest BCUT2D eigenvalue weighted by atomic mass is 9.98. The number of carbonyl (C=O) groups excluding carboxylic acids is 2. The van der Waals surface area contributed by atoms with E-state index in [4.69, 9.17) is 19.3 Å². The van der Waals surface area contributed by atoms with Crippen molar-refractivity contribution in [3.05, 3.63) is 59.7 Å². The van der Waals surface area contributed by atoms with Crippen molar-refractivity contribution in [1.29, 1.82) is 0 Å². The minimum Gasteiger partial charge on any atom is -0.481 e. The molecule has 0 spiro atoms. The molecule has 3 atom stereocenters. The van der Waals surface area contributed by atoms with Crippen LogP contribution in [0.4, 0.5) is 4.79 Å². The summed E-state index contributed by atoms with van der Waals surface area (Å²) in [5, 5.41) is 14.3. The van der Waals surface area contributed by atoms with Gasteiger partial charge >= 0.3 is 12.1 Å². The Morgan fingerprint density at radius 3 is 2.35 bits per heavy atom. The first kappa shape index (κ1) is 23.7. The molecule has 1 aliphatic carbocycles. The summed E-state index contributed by atoms with van der Waals surface area (Å²) in [6.45, 7) is 0.517. The van der Waals surface area contributed by atoms with Gasteiger partial charge in [-0.05, 0) is 28.7 Å². The Bertz CT molecular complexity index is 1010. The highest BCUT2D eigenvalue weighted by Crippen LogP contribution is 2.44. The van der Waals surface area contributed by atoms with E-state index in [2.05, 4.69) is 22.8 Å². The Morgan fingerprint density at radius 1 is 1.09 bits per heavy atom. The van der Waals surface area contributed by atoms with E-state index in [0.29, 0.717) is 13.0 Å². The highest BCUT2D eigenvalue weighted by molar-refractivity contribution is 5.83. The van der Waals surface area contributed by atoms with Crippen molar-refractivity contribution in [2.75, 3.05) is 26.9 Å². The maximum absolute atomic E-state index is 12.6. The predicted molar refractivity (Wildman–Crippen MR) is 122 cm³/mol. The normalized spacial score (nSPS) is 19.7. The lowest BCUT2D eigenvalue weighted by Crippen LogP contribution is -2.49. The molecular formula is C25H28N2O7. The molecule has 2 aromatic rings. The fraction of sp³-hybridized carbons (Fsp3) is 0.400. The summed E-state index contributed by atoms with van der Waals surface area (Å²) in [6, 6.07) is 15.6. The molecule has 0 saturated carbocycles. The molecule has 1 heterocycles. The third-order valence-electron chi connectivity index (χ3n) is 6.24. The van der Waals surface area contributed by atoms with Gasteiger partial charge in [0.2, 0.25) is 0 Å². The average Bonchev–Trinajstić information content (AvgIpc) is 3.42. The number of alkyl carbamates (subject to hydrolysis) is 1. The zero-order chi connectivity index (χ0) is 24.1. The van der Waals surface area contributed by atoms with Crippen molar-refractivity contribution < 1.29 is 33.7 Å². The van der Waals surface area contributed by atoms with Crippen molar-refractivity contribution in [2.24, 2.45) is 0 Å². The summed E-state index contributed by atoms with van der Waals surface area (Å²) in [4.78, 5) is 36.0. The largest absolute Gasteiger partial charge is 0.481 e. The maximum Gasteiger partial charge on any atom is 0.407 e. The molecule has 9 nitrogen and oxygen atoms in total. The van der Waals surface area contributed by atoms with E-state index >= 15 is 0 Å². The molecule has 4 rings (SSSR count). The number of hydrogen-bond donors (Lipinski definition) is 3. The molecule has 1 aliphatic heterocycles. The summed E-state index contributed by atoms with van der Waals surface area (Å²) in [6.07, 6.45) is -1.93. The molecule has 1 fully saturated rings. The number of benzene rings is 2. The molecule has 1 saturated heterocycles. The average molecular weight is 469 g/mol. The van der Waals surface area contributed by atoms with Gasteiger partial charge in [-0.2, -0.15) is 0 Å². The van der Waals surface area contributed by atoms with Gasteiger partial charge in [0.15, 0.2) is 6.10 Å². The number of fused-ring (bicyclic) bond motifs is 3. The summed E-state index contributed by atoms with van der Waals surface area (Å²) in [7, 11) is 1.38. The second kappa shape index (κ2) is 10.7. The first-order chi connectivity index (χ1) is 16.5. The third-order valence-corrected chi connectivity index (χ3v) is 6.24. The van der Waals surface area contributed by atoms with Gasteiger partial charge in [-0.3, -0.25) is 9.59 Å². The van der Waals surface area contributed by atoms with Crippen molar-refractivity contribution in [3.8, 4) is 11.1 Å². The van der Waals surface area contributed by atoms with Gasteiger partial charge < -0.3 is 30.0 Å². The van der Waals surface area contributed by atoms with Crippen LogP contribution in [0.1, 0.15) is 29.9 Å². The van der Waals surface area contributed by atoms with Gasteiger partial charge in [-0.15, -0.1) is 0 Å². The van der Waals surface area contributed by atoms with Gasteiger partial charge in [0.1, 0.15) is 6.61 Å². The van der Waals surface area contributed by atoms with E-state index in [9.17, 15) is 14.4 Å². The minimum atomic E-state index is -1.02. The van der Waals surface area contributed by atoms with Crippen molar-refractivity contribution in [2.45, 2.75) is 37.0 Å². The van der Waals surface area contributed by atoms with Crippen molar-refractivity contribution >= 4 is 18.0 Å². The molecule has 180 valence electrons.